The largest absolute Gasteiger partial charge is 0.508 e. The molecule has 0 spiro atoms. The number of hydrogen-bond donors (Lipinski definition) is 1. The van der Waals surface area contributed by atoms with Gasteiger partial charge in [-0.25, -0.2) is 0 Å². The van der Waals surface area contributed by atoms with Crippen LogP contribution in [0.25, 0.3) is 10.9 Å². The average molecular weight is 336 g/mol. The van der Waals surface area contributed by atoms with E-state index in [2.05, 4.69) is 26.0 Å². The molecule has 1 aromatic heterocycles. The Morgan fingerprint density at radius 3 is 2.36 bits per heavy atom. The van der Waals surface area contributed by atoms with Gasteiger partial charge in [0.15, 0.2) is 0 Å². The van der Waals surface area contributed by atoms with Gasteiger partial charge in [-0.1, -0.05) is 0 Å². The summed E-state index contributed by atoms with van der Waals surface area (Å²) in [5.41, 5.74) is 6.13. The van der Waals surface area contributed by atoms with E-state index in [0.29, 0.717) is 6.54 Å². The van der Waals surface area contributed by atoms with Crippen molar-refractivity contribution in [2.24, 2.45) is 7.05 Å². The Bertz CT molecular complexity index is 1020. The molecule has 0 saturated carbocycles. The molecule has 0 aliphatic heterocycles. The van der Waals surface area contributed by atoms with Crippen molar-refractivity contribution in [1.29, 1.82) is 0 Å². The molecule has 130 valence electrons. The minimum atomic E-state index is 0.0269. The molecule has 0 saturated heterocycles. The number of hydrogen-bond acceptors (Lipinski definition) is 3. The Hall–Kier alpha value is -2.75. The zero-order chi connectivity index (χ0) is 18.3. The van der Waals surface area contributed by atoms with Crippen molar-refractivity contribution < 1.29 is 5.11 Å². The van der Waals surface area contributed by atoms with Crippen molar-refractivity contribution in [2.45, 2.75) is 27.3 Å². The number of aromatic nitrogens is 1. The second-order valence-electron chi connectivity index (χ2n) is 6.86. The number of phenols is 1. The fourth-order valence-electron chi connectivity index (χ4n) is 3.33. The van der Waals surface area contributed by atoms with Crippen LogP contribution >= 0.6 is 0 Å². The third-order valence-electron chi connectivity index (χ3n) is 4.91. The maximum Gasteiger partial charge on any atom is 0.255 e. The van der Waals surface area contributed by atoms with Gasteiger partial charge in [-0.05, 0) is 79.2 Å². The number of benzene rings is 2. The molecule has 0 amide bonds. The van der Waals surface area contributed by atoms with E-state index >= 15 is 0 Å². The first kappa shape index (κ1) is 17.1. The van der Waals surface area contributed by atoms with Crippen molar-refractivity contribution in [2.75, 3.05) is 11.9 Å². The van der Waals surface area contributed by atoms with Gasteiger partial charge in [0, 0.05) is 31.9 Å². The fraction of sp³-hybridized carbons (Fsp3) is 0.286. The van der Waals surface area contributed by atoms with Crippen molar-refractivity contribution in [3.63, 3.8) is 0 Å². The SMILES string of the molecule is Cc1cc2cc(CN(C)c3ccc(O)cc3C)c(=O)n(C)c2cc1C. The summed E-state index contributed by atoms with van der Waals surface area (Å²) in [6.07, 6.45) is 0. The number of anilines is 1. The van der Waals surface area contributed by atoms with Gasteiger partial charge in [0.25, 0.3) is 5.56 Å². The van der Waals surface area contributed by atoms with Crippen LogP contribution in [-0.4, -0.2) is 16.7 Å². The maximum atomic E-state index is 12.8. The summed E-state index contributed by atoms with van der Waals surface area (Å²) in [6.45, 7) is 6.62. The molecule has 4 nitrogen and oxygen atoms in total. The number of fused-ring (bicyclic) bond motifs is 1. The predicted molar refractivity (Wildman–Crippen MR) is 104 cm³/mol. The topological polar surface area (TPSA) is 45.5 Å². The van der Waals surface area contributed by atoms with Crippen LogP contribution in [0.5, 0.6) is 5.75 Å². The average Bonchev–Trinajstić information content (AvgIpc) is 2.54. The third-order valence-corrected chi connectivity index (χ3v) is 4.91. The van der Waals surface area contributed by atoms with E-state index in [1.54, 1.807) is 16.7 Å². The van der Waals surface area contributed by atoms with Gasteiger partial charge in [-0.2, -0.15) is 0 Å². The van der Waals surface area contributed by atoms with Gasteiger partial charge in [0.2, 0.25) is 0 Å². The van der Waals surface area contributed by atoms with Crippen LogP contribution in [0.3, 0.4) is 0 Å². The summed E-state index contributed by atoms with van der Waals surface area (Å²) in [7, 11) is 3.79. The lowest BCUT2D eigenvalue weighted by Gasteiger charge is -2.22. The number of nitrogens with zero attached hydrogens (tertiary/aromatic N) is 2. The third kappa shape index (κ3) is 3.12. The quantitative estimate of drug-likeness (QED) is 0.791. The molecule has 3 rings (SSSR count). The molecule has 0 atom stereocenters. The van der Waals surface area contributed by atoms with E-state index in [-0.39, 0.29) is 11.3 Å². The van der Waals surface area contributed by atoms with Gasteiger partial charge in [0.1, 0.15) is 5.75 Å². The molecule has 0 bridgehead atoms. The first-order chi connectivity index (χ1) is 11.8. The van der Waals surface area contributed by atoms with Gasteiger partial charge < -0.3 is 14.6 Å². The van der Waals surface area contributed by atoms with E-state index in [0.717, 1.165) is 27.7 Å². The van der Waals surface area contributed by atoms with Crippen molar-refractivity contribution in [1.82, 2.24) is 4.57 Å². The fourth-order valence-corrected chi connectivity index (χ4v) is 3.33. The zero-order valence-electron chi connectivity index (χ0n) is 15.4. The summed E-state index contributed by atoms with van der Waals surface area (Å²) in [5, 5.41) is 10.7. The molecule has 0 fully saturated rings. The standard InChI is InChI=1S/C21H24N2O2/c1-13-8-16-11-17(21(25)23(5)20(16)10-14(13)2)12-22(4)19-7-6-18(24)9-15(19)3/h6-11,24H,12H2,1-5H3. The molecular formula is C21H24N2O2. The summed E-state index contributed by atoms with van der Waals surface area (Å²) in [4.78, 5) is 14.8. The number of phenolic OH excluding ortho intramolecular Hbond substituents is 1. The first-order valence-corrected chi connectivity index (χ1v) is 8.38. The van der Waals surface area contributed by atoms with Gasteiger partial charge >= 0.3 is 0 Å². The highest BCUT2D eigenvalue weighted by Crippen LogP contribution is 2.25. The smallest absolute Gasteiger partial charge is 0.255 e. The predicted octanol–water partition coefficient (Wildman–Crippen LogP) is 3.81. The number of aryl methyl sites for hydroxylation is 4. The van der Waals surface area contributed by atoms with Crippen LogP contribution in [0.2, 0.25) is 0 Å². The monoisotopic (exact) mass is 336 g/mol. The van der Waals surface area contributed by atoms with Crippen molar-refractivity contribution in [3.05, 3.63) is 69.0 Å². The van der Waals surface area contributed by atoms with Gasteiger partial charge in [0.05, 0.1) is 5.52 Å². The zero-order valence-corrected chi connectivity index (χ0v) is 15.4. The highest BCUT2D eigenvalue weighted by atomic mass is 16.3. The van der Waals surface area contributed by atoms with Gasteiger partial charge in [-0.3, -0.25) is 4.79 Å². The van der Waals surface area contributed by atoms with E-state index in [1.807, 2.05) is 38.1 Å². The normalized spacial score (nSPS) is 11.1. The Labute approximate surface area is 148 Å². The number of aromatic hydroxyl groups is 1. The van der Waals surface area contributed by atoms with Crippen LogP contribution in [0.1, 0.15) is 22.3 Å². The Kier molecular flexibility index (Phi) is 4.29. The Balaban J connectivity index is 2.05. The van der Waals surface area contributed by atoms with Crippen LogP contribution in [0, 0.1) is 20.8 Å². The van der Waals surface area contributed by atoms with E-state index in [1.165, 1.54) is 11.1 Å². The summed E-state index contributed by atoms with van der Waals surface area (Å²) in [5.74, 6) is 0.252. The lowest BCUT2D eigenvalue weighted by Crippen LogP contribution is -2.27. The molecule has 1 N–H and O–H groups in total. The highest BCUT2D eigenvalue weighted by molar-refractivity contribution is 5.81. The molecule has 0 unspecified atom stereocenters. The van der Waals surface area contributed by atoms with Crippen LogP contribution in [0.15, 0.2) is 41.2 Å². The van der Waals surface area contributed by atoms with E-state index < -0.39 is 0 Å². The first-order valence-electron chi connectivity index (χ1n) is 8.38. The second-order valence-corrected chi connectivity index (χ2v) is 6.86. The number of rotatable bonds is 3. The Morgan fingerprint density at radius 1 is 1.00 bits per heavy atom. The molecule has 0 aliphatic rings. The molecule has 25 heavy (non-hydrogen) atoms. The summed E-state index contributed by atoms with van der Waals surface area (Å²) in [6, 6.07) is 11.5. The maximum absolute atomic E-state index is 12.8. The van der Waals surface area contributed by atoms with E-state index in [9.17, 15) is 9.90 Å². The van der Waals surface area contributed by atoms with Crippen LogP contribution < -0.4 is 10.5 Å². The molecule has 0 aliphatic carbocycles. The molecule has 4 heteroatoms. The molecule has 0 radical (unpaired) electrons. The second kappa shape index (κ2) is 6.28. The lowest BCUT2D eigenvalue weighted by molar-refractivity contribution is 0.475. The molecule has 1 heterocycles. The van der Waals surface area contributed by atoms with Crippen LogP contribution in [0.4, 0.5) is 5.69 Å². The Morgan fingerprint density at radius 2 is 1.68 bits per heavy atom. The van der Waals surface area contributed by atoms with E-state index in [4.69, 9.17) is 0 Å². The lowest BCUT2D eigenvalue weighted by atomic mass is 10.0. The molecular weight excluding hydrogens is 312 g/mol. The minimum Gasteiger partial charge on any atom is -0.508 e. The molecule has 3 aromatic rings. The van der Waals surface area contributed by atoms with Gasteiger partial charge in [-0.15, -0.1) is 0 Å². The number of pyridine rings is 1. The van der Waals surface area contributed by atoms with Crippen molar-refractivity contribution >= 4 is 16.6 Å². The van der Waals surface area contributed by atoms with Crippen molar-refractivity contribution in [3.8, 4) is 5.75 Å². The summed E-state index contributed by atoms with van der Waals surface area (Å²) >= 11 is 0. The van der Waals surface area contributed by atoms with Crippen LogP contribution in [-0.2, 0) is 13.6 Å². The minimum absolute atomic E-state index is 0.0269. The highest BCUT2D eigenvalue weighted by Gasteiger charge is 2.12. The summed E-state index contributed by atoms with van der Waals surface area (Å²) < 4.78 is 1.73. The molecule has 2 aromatic carbocycles.